The molecule has 0 saturated carbocycles. The Morgan fingerprint density at radius 2 is 1.19 bits per heavy atom. The first-order chi connectivity index (χ1) is 37.7. The molecule has 1 heterocycles. The molecular weight excluding hydrogens is 1060 g/mol. The molecule has 460 valence electrons. The maximum atomic E-state index is 14.7. The maximum Gasteiger partial charge on any atom is 0.248 e. The molecular formula is C57H98N10O13S. The number of nitrogens with zero attached hydrogens (tertiary/aromatic N) is 6. The summed E-state index contributed by atoms with van der Waals surface area (Å²) >= 11 is 0. The first kappa shape index (κ1) is 71.4. The second-order valence-electron chi connectivity index (χ2n) is 23.6. The van der Waals surface area contributed by atoms with Crippen molar-refractivity contribution in [3.8, 4) is 0 Å². The van der Waals surface area contributed by atoms with E-state index in [1.807, 2.05) is 58.0 Å². The van der Waals surface area contributed by atoms with Crippen LogP contribution >= 0.6 is 0 Å². The van der Waals surface area contributed by atoms with E-state index in [9.17, 15) is 56.7 Å². The number of ether oxygens (including phenoxy) is 1. The molecule has 24 heteroatoms. The van der Waals surface area contributed by atoms with Crippen molar-refractivity contribution in [3.63, 3.8) is 0 Å². The van der Waals surface area contributed by atoms with Crippen LogP contribution in [0.2, 0.25) is 0 Å². The number of nitrogens with one attached hydrogen (secondary N) is 4. The Morgan fingerprint density at radius 1 is 0.667 bits per heavy atom. The number of hydrogen-bond donors (Lipinski definition) is 6. The van der Waals surface area contributed by atoms with Crippen molar-refractivity contribution < 1.29 is 61.4 Å². The number of carbonyl (C=O) groups excluding carboxylic acids is 9. The average molecular weight is 1160 g/mol. The minimum atomic E-state index is -3.09. The minimum Gasteiger partial charge on any atom is -0.391 e. The lowest BCUT2D eigenvalue weighted by Gasteiger charge is -2.37. The van der Waals surface area contributed by atoms with Crippen molar-refractivity contribution in [2.24, 2.45) is 17.8 Å². The van der Waals surface area contributed by atoms with E-state index in [0.717, 1.165) is 39.5 Å². The highest BCUT2D eigenvalue weighted by atomic mass is 32.2. The molecule has 2 rings (SSSR count). The van der Waals surface area contributed by atoms with Crippen LogP contribution < -0.4 is 21.3 Å². The van der Waals surface area contributed by atoms with E-state index in [1.165, 1.54) is 56.9 Å². The molecule has 0 spiro atoms. The van der Waals surface area contributed by atoms with Gasteiger partial charge in [0.05, 0.1) is 36.7 Å². The molecule has 81 heavy (non-hydrogen) atoms. The number of piperidine rings is 1. The summed E-state index contributed by atoms with van der Waals surface area (Å²) in [7, 11) is 5.57. The van der Waals surface area contributed by atoms with Crippen LogP contribution in [0.3, 0.4) is 0 Å². The van der Waals surface area contributed by atoms with Crippen molar-refractivity contribution in [1.82, 2.24) is 50.7 Å². The Hall–Kier alpha value is -5.72. The number of thiol groups is 1. The third-order valence-electron chi connectivity index (χ3n) is 14.8. The van der Waals surface area contributed by atoms with Crippen LogP contribution in [-0.4, -0.2) is 230 Å². The zero-order chi connectivity index (χ0) is 61.8. The van der Waals surface area contributed by atoms with Gasteiger partial charge in [0.15, 0.2) is 0 Å². The lowest BCUT2D eigenvalue weighted by atomic mass is 9.95. The monoisotopic (exact) mass is 1160 g/mol. The van der Waals surface area contributed by atoms with Crippen LogP contribution in [0.15, 0.2) is 30.3 Å². The first-order valence-corrected chi connectivity index (χ1v) is 29.7. The van der Waals surface area contributed by atoms with Gasteiger partial charge in [-0.2, -0.15) is 0 Å². The van der Waals surface area contributed by atoms with Gasteiger partial charge in [0.2, 0.25) is 53.2 Å². The molecule has 1 aliphatic heterocycles. The number of carbonyl (C=O) groups is 9. The standard InChI is InChI=1S/C57H98N10O13S/c1-18-37(6)48(51(72)60-42(34-81(78)79)54(75)67-27-23-20-24-28-67)66(17)53(74)41(33-80-57(9,10)11)59-49(70)43(29-35(2)3)63(14)46(69)32-62(13)56(77)47(39(8)68)61-50(71)44(30-36(4)5)64(15)55(76)45(31-40-25-21-19-22-26-40)65(16)52(73)38(7)58-12/h19,21-22,25-26,35-39,41-45,47-48,58,68,81H,18,20,23-24,27-34H2,1-17H3,(H,59,70)(H,60,72)(H,61,71)/t37-,38-,39+,41-,42-,43-,44-,45-,47-,48-/m0/s1. The van der Waals surface area contributed by atoms with Gasteiger partial charge in [-0.05, 0) is 97.1 Å². The largest absolute Gasteiger partial charge is 0.391 e. The van der Waals surface area contributed by atoms with Gasteiger partial charge < -0.3 is 60.5 Å². The van der Waals surface area contributed by atoms with Crippen LogP contribution in [0.4, 0.5) is 0 Å². The molecule has 23 nitrogen and oxygen atoms in total. The topological polar surface area (TPSA) is 285 Å². The number of aliphatic hydroxyl groups is 1. The molecule has 1 aromatic rings. The minimum absolute atomic E-state index is 0.0927. The van der Waals surface area contributed by atoms with Gasteiger partial charge in [-0.3, -0.25) is 43.2 Å². The highest BCUT2D eigenvalue weighted by molar-refractivity contribution is 7.72. The van der Waals surface area contributed by atoms with Crippen LogP contribution in [0, 0.1) is 17.8 Å². The van der Waals surface area contributed by atoms with Gasteiger partial charge >= 0.3 is 0 Å². The van der Waals surface area contributed by atoms with Crippen LogP contribution in [-0.2, 0) is 65.0 Å². The highest BCUT2D eigenvalue weighted by Crippen LogP contribution is 2.21. The van der Waals surface area contributed by atoms with E-state index in [4.69, 9.17) is 4.74 Å². The molecule has 1 saturated heterocycles. The predicted octanol–water partition coefficient (Wildman–Crippen LogP) is 1.02. The van der Waals surface area contributed by atoms with E-state index >= 15 is 0 Å². The first-order valence-electron chi connectivity index (χ1n) is 28.3. The van der Waals surface area contributed by atoms with Crippen molar-refractivity contribution >= 4 is 63.9 Å². The Morgan fingerprint density at radius 3 is 1.68 bits per heavy atom. The van der Waals surface area contributed by atoms with Crippen molar-refractivity contribution in [2.75, 3.05) is 74.3 Å². The van der Waals surface area contributed by atoms with Crippen molar-refractivity contribution in [3.05, 3.63) is 35.9 Å². The number of likely N-dealkylation sites (tertiary alicyclic amines) is 1. The van der Waals surface area contributed by atoms with Crippen LogP contribution in [0.5, 0.6) is 0 Å². The van der Waals surface area contributed by atoms with Gasteiger partial charge in [-0.25, -0.2) is 8.42 Å². The summed E-state index contributed by atoms with van der Waals surface area (Å²) in [5.74, 6) is -7.47. The van der Waals surface area contributed by atoms with E-state index < -0.39 is 136 Å². The summed E-state index contributed by atoms with van der Waals surface area (Å²) < 4.78 is 30.0. The number of benzene rings is 1. The van der Waals surface area contributed by atoms with Gasteiger partial charge in [0, 0.05) is 54.7 Å². The summed E-state index contributed by atoms with van der Waals surface area (Å²) in [6.45, 7) is 19.0. The third-order valence-corrected chi connectivity index (χ3v) is 15.4. The Balaban J connectivity index is 2.45. The SMILES string of the molecule is CC[C@H](C)[C@@H](C(=O)N[C@@H](C[SH](=O)=O)C(=O)N1CCCCC1)N(C)C(=O)[C@H](COC(C)(C)C)NC(=O)[C@H](CC(C)C)N(C)C(=O)CN(C)C(=O)[C@@H](NC(=O)[C@H](CC(C)C)N(C)C(=O)[C@H](Cc1ccccc1)N(C)C(=O)[C@H](C)NC)[C@@H](C)O. The number of likely N-dealkylation sites (N-methyl/N-ethyl adjacent to an activating group) is 6. The molecule has 0 bridgehead atoms. The quantitative estimate of drug-likeness (QED) is 0.0567. The molecule has 0 aliphatic carbocycles. The lowest BCUT2D eigenvalue weighted by Crippen LogP contribution is -2.62. The molecule has 0 aromatic heterocycles. The molecule has 9 amide bonds. The summed E-state index contributed by atoms with van der Waals surface area (Å²) in [5.41, 5.74) is -0.0317. The molecule has 10 atom stereocenters. The number of amides is 9. The summed E-state index contributed by atoms with van der Waals surface area (Å²) in [6.07, 6.45) is 1.67. The van der Waals surface area contributed by atoms with Gasteiger partial charge in [-0.1, -0.05) is 78.3 Å². The third kappa shape index (κ3) is 22.2. The van der Waals surface area contributed by atoms with E-state index in [0.29, 0.717) is 19.5 Å². The second kappa shape index (κ2) is 33.4. The highest BCUT2D eigenvalue weighted by Gasteiger charge is 2.42. The summed E-state index contributed by atoms with van der Waals surface area (Å²) in [4.78, 5) is 135. The smallest absolute Gasteiger partial charge is 0.248 e. The molecule has 1 aromatic carbocycles. The van der Waals surface area contributed by atoms with Crippen molar-refractivity contribution in [1.29, 1.82) is 0 Å². The fraction of sp³-hybridized carbons (Fsp3) is 0.737. The van der Waals surface area contributed by atoms with E-state index in [1.54, 1.807) is 48.6 Å². The van der Waals surface area contributed by atoms with Crippen molar-refractivity contribution in [2.45, 2.75) is 181 Å². The fourth-order valence-electron chi connectivity index (χ4n) is 9.54. The predicted molar refractivity (Wildman–Crippen MR) is 310 cm³/mol. The number of aliphatic hydroxyl groups excluding tert-OH is 1. The van der Waals surface area contributed by atoms with E-state index in [2.05, 4.69) is 21.3 Å². The zero-order valence-electron chi connectivity index (χ0n) is 51.3. The lowest BCUT2D eigenvalue weighted by molar-refractivity contribution is -0.150. The molecule has 0 unspecified atom stereocenters. The molecule has 1 fully saturated rings. The fourth-order valence-corrected chi connectivity index (χ4v) is 10.1. The number of rotatable bonds is 31. The molecule has 1 aliphatic rings. The van der Waals surface area contributed by atoms with E-state index in [-0.39, 0.29) is 43.6 Å². The second-order valence-corrected chi connectivity index (χ2v) is 24.6. The Kier molecular flexibility index (Phi) is 29.4. The average Bonchev–Trinajstić information content (AvgIpc) is 3.41. The van der Waals surface area contributed by atoms with Crippen LogP contribution in [0.1, 0.15) is 120 Å². The normalized spacial score (nSPS) is 16.6. The Bertz CT molecular complexity index is 2330. The van der Waals surface area contributed by atoms with Gasteiger partial charge in [0.1, 0.15) is 53.0 Å². The van der Waals surface area contributed by atoms with Gasteiger partial charge in [-0.15, -0.1) is 0 Å². The molecule has 0 radical (unpaired) electrons. The van der Waals surface area contributed by atoms with Gasteiger partial charge in [0.25, 0.3) is 0 Å². The summed E-state index contributed by atoms with van der Waals surface area (Å²) in [6, 6.07) is -0.538. The zero-order valence-corrected chi connectivity index (χ0v) is 52.2. The Labute approximate surface area is 483 Å². The maximum absolute atomic E-state index is 14.7. The number of hydrogen-bond acceptors (Lipinski definition) is 14. The summed E-state index contributed by atoms with van der Waals surface area (Å²) in [5, 5.41) is 22.0. The van der Waals surface area contributed by atoms with Crippen LogP contribution in [0.25, 0.3) is 0 Å². The molecule has 5 N–H and O–H groups in total.